The summed E-state index contributed by atoms with van der Waals surface area (Å²) in [4.78, 5) is 5.94. The Hall–Kier alpha value is -0.470. The molecule has 0 unspecified atom stereocenters. The second-order valence-electron chi connectivity index (χ2n) is 2.10. The highest BCUT2D eigenvalue weighted by molar-refractivity contribution is 5.85. The average molecular weight is 195 g/mol. The fourth-order valence-electron chi connectivity index (χ4n) is 0.642. The minimum atomic E-state index is 0. The van der Waals surface area contributed by atoms with Gasteiger partial charge in [-0.3, -0.25) is 4.98 Å². The minimum Gasteiger partial charge on any atom is -0.378 e. The van der Waals surface area contributed by atoms with E-state index in [1.54, 1.807) is 12.4 Å². The Bertz CT molecular complexity index is 177. The topological polar surface area (TPSA) is 16.1 Å². The van der Waals surface area contributed by atoms with Gasteiger partial charge in [-0.05, 0) is 12.1 Å². The molecule has 0 atom stereocenters. The maximum absolute atomic E-state index is 3.90. The van der Waals surface area contributed by atoms with Crippen molar-refractivity contribution >= 4 is 30.5 Å². The van der Waals surface area contributed by atoms with Gasteiger partial charge in [-0.1, -0.05) is 0 Å². The van der Waals surface area contributed by atoms with Gasteiger partial charge < -0.3 is 4.90 Å². The molecule has 11 heavy (non-hydrogen) atoms. The first-order valence-corrected chi connectivity index (χ1v) is 2.88. The Kier molecular flexibility index (Phi) is 7.47. The van der Waals surface area contributed by atoms with E-state index in [4.69, 9.17) is 0 Å². The number of anilines is 1. The summed E-state index contributed by atoms with van der Waals surface area (Å²) in [6.07, 6.45) is 3.57. The largest absolute Gasteiger partial charge is 0.378 e. The van der Waals surface area contributed by atoms with Gasteiger partial charge >= 0.3 is 0 Å². The van der Waals surface area contributed by atoms with Crippen LogP contribution in [0, 0.1) is 0 Å². The molecule has 0 N–H and O–H groups in total. The Labute approximate surface area is 79.4 Å². The van der Waals surface area contributed by atoms with Crippen LogP contribution in [0.4, 0.5) is 5.69 Å². The average Bonchev–Trinajstić information content (AvgIpc) is 1.90. The van der Waals surface area contributed by atoms with E-state index in [0.717, 1.165) is 0 Å². The summed E-state index contributed by atoms with van der Waals surface area (Å²) in [5.41, 5.74) is 1.19. The highest BCUT2D eigenvalue weighted by Crippen LogP contribution is 2.05. The molecule has 1 aromatic heterocycles. The Morgan fingerprint density at radius 1 is 1.09 bits per heavy atom. The Morgan fingerprint density at radius 3 is 1.82 bits per heavy atom. The second kappa shape index (κ2) is 6.25. The van der Waals surface area contributed by atoms with Crippen molar-refractivity contribution in [3.63, 3.8) is 0 Å². The van der Waals surface area contributed by atoms with E-state index in [9.17, 15) is 0 Å². The lowest BCUT2D eigenvalue weighted by Crippen LogP contribution is -2.07. The molecule has 1 heterocycles. The molecule has 0 saturated heterocycles. The summed E-state index contributed by atoms with van der Waals surface area (Å²) >= 11 is 0. The highest BCUT2D eigenvalue weighted by atomic mass is 35.5. The predicted octanol–water partition coefficient (Wildman–Crippen LogP) is 1.99. The van der Waals surface area contributed by atoms with Crippen LogP contribution in [-0.4, -0.2) is 19.1 Å². The zero-order valence-corrected chi connectivity index (χ0v) is 8.15. The zero-order valence-electron chi connectivity index (χ0n) is 6.52. The van der Waals surface area contributed by atoms with Gasteiger partial charge in [0.25, 0.3) is 0 Å². The van der Waals surface area contributed by atoms with Crippen LogP contribution >= 0.6 is 24.8 Å². The number of aromatic nitrogens is 1. The van der Waals surface area contributed by atoms with Gasteiger partial charge in [0.2, 0.25) is 0 Å². The summed E-state index contributed by atoms with van der Waals surface area (Å²) in [6.45, 7) is 0. The lowest BCUT2D eigenvalue weighted by Gasteiger charge is -2.10. The summed E-state index contributed by atoms with van der Waals surface area (Å²) < 4.78 is 0. The van der Waals surface area contributed by atoms with Crippen LogP contribution in [0.15, 0.2) is 24.5 Å². The molecule has 1 rings (SSSR count). The maximum atomic E-state index is 3.90. The van der Waals surface area contributed by atoms with Gasteiger partial charge in [0.15, 0.2) is 0 Å². The number of rotatable bonds is 1. The first-order valence-electron chi connectivity index (χ1n) is 2.88. The molecule has 0 spiro atoms. The lowest BCUT2D eigenvalue weighted by atomic mass is 10.4. The molecule has 0 aliphatic carbocycles. The highest BCUT2D eigenvalue weighted by Gasteiger charge is 1.88. The van der Waals surface area contributed by atoms with Crippen LogP contribution < -0.4 is 4.90 Å². The smallest absolute Gasteiger partial charge is 0.0391 e. The molecule has 0 aliphatic rings. The fraction of sp³-hybridized carbons (Fsp3) is 0.286. The first-order chi connectivity index (χ1) is 4.30. The maximum Gasteiger partial charge on any atom is 0.0391 e. The van der Waals surface area contributed by atoms with E-state index in [1.165, 1.54) is 5.69 Å². The number of pyridine rings is 1. The predicted molar refractivity (Wildman–Crippen MR) is 53.1 cm³/mol. The van der Waals surface area contributed by atoms with Crippen molar-refractivity contribution in [3.8, 4) is 0 Å². The van der Waals surface area contributed by atoms with Crippen molar-refractivity contribution in [2.45, 2.75) is 0 Å². The molecule has 0 aromatic carbocycles. The normalized spacial score (nSPS) is 7.45. The fourth-order valence-corrected chi connectivity index (χ4v) is 0.642. The summed E-state index contributed by atoms with van der Waals surface area (Å²) in [7, 11) is 4.02. The van der Waals surface area contributed by atoms with Crippen LogP contribution in [0.1, 0.15) is 0 Å². The van der Waals surface area contributed by atoms with Gasteiger partial charge in [-0.15, -0.1) is 24.8 Å². The van der Waals surface area contributed by atoms with E-state index in [0.29, 0.717) is 0 Å². The van der Waals surface area contributed by atoms with E-state index >= 15 is 0 Å². The summed E-state index contributed by atoms with van der Waals surface area (Å²) in [5, 5.41) is 0. The van der Waals surface area contributed by atoms with E-state index in [1.807, 2.05) is 31.1 Å². The minimum absolute atomic E-state index is 0. The van der Waals surface area contributed by atoms with Crippen molar-refractivity contribution < 1.29 is 0 Å². The van der Waals surface area contributed by atoms with Crippen LogP contribution in [0.25, 0.3) is 0 Å². The SMILES string of the molecule is CN(C)c1ccncc1.Cl.Cl. The lowest BCUT2D eigenvalue weighted by molar-refractivity contribution is 1.12. The van der Waals surface area contributed by atoms with E-state index in [-0.39, 0.29) is 24.8 Å². The van der Waals surface area contributed by atoms with Gasteiger partial charge in [-0.2, -0.15) is 0 Å². The van der Waals surface area contributed by atoms with Crippen molar-refractivity contribution in [1.82, 2.24) is 4.98 Å². The third-order valence-electron chi connectivity index (χ3n) is 1.18. The molecule has 0 bridgehead atoms. The van der Waals surface area contributed by atoms with Crippen molar-refractivity contribution in [3.05, 3.63) is 24.5 Å². The molecule has 0 fully saturated rings. The molecular formula is C7H12Cl2N2. The van der Waals surface area contributed by atoms with E-state index in [2.05, 4.69) is 4.98 Å². The monoisotopic (exact) mass is 194 g/mol. The zero-order chi connectivity index (χ0) is 6.69. The third-order valence-corrected chi connectivity index (χ3v) is 1.18. The van der Waals surface area contributed by atoms with Crippen LogP contribution in [0.2, 0.25) is 0 Å². The summed E-state index contributed by atoms with van der Waals surface area (Å²) in [5.74, 6) is 0. The van der Waals surface area contributed by atoms with Gasteiger partial charge in [0, 0.05) is 32.2 Å². The Balaban J connectivity index is 0. The second-order valence-corrected chi connectivity index (χ2v) is 2.10. The number of hydrogen-bond donors (Lipinski definition) is 0. The Morgan fingerprint density at radius 2 is 1.55 bits per heavy atom. The van der Waals surface area contributed by atoms with Crippen LogP contribution in [-0.2, 0) is 0 Å². The van der Waals surface area contributed by atoms with Crippen LogP contribution in [0.3, 0.4) is 0 Å². The molecule has 4 heteroatoms. The number of hydrogen-bond acceptors (Lipinski definition) is 2. The molecule has 0 radical (unpaired) electrons. The summed E-state index contributed by atoms with van der Waals surface area (Å²) in [6, 6.07) is 3.94. The quantitative estimate of drug-likeness (QED) is 0.681. The van der Waals surface area contributed by atoms with Crippen molar-refractivity contribution in [1.29, 1.82) is 0 Å². The molecule has 0 saturated carbocycles. The van der Waals surface area contributed by atoms with Crippen molar-refractivity contribution in [2.24, 2.45) is 0 Å². The van der Waals surface area contributed by atoms with Crippen molar-refractivity contribution in [2.75, 3.05) is 19.0 Å². The third kappa shape index (κ3) is 4.06. The molecule has 64 valence electrons. The molecule has 0 aliphatic heterocycles. The number of halogens is 2. The standard InChI is InChI=1S/C7H10N2.2ClH/c1-9(2)7-3-5-8-6-4-7;;/h3-6H,1-2H3;2*1H. The van der Waals surface area contributed by atoms with Gasteiger partial charge in [-0.25, -0.2) is 0 Å². The molecule has 2 nitrogen and oxygen atoms in total. The molecular weight excluding hydrogens is 183 g/mol. The number of nitrogens with zero attached hydrogens (tertiary/aromatic N) is 2. The molecule has 1 aromatic rings. The first kappa shape index (κ1) is 13.1. The van der Waals surface area contributed by atoms with Gasteiger partial charge in [0.05, 0.1) is 0 Å². The van der Waals surface area contributed by atoms with E-state index < -0.39 is 0 Å². The van der Waals surface area contributed by atoms with Crippen LogP contribution in [0.5, 0.6) is 0 Å². The molecule has 0 amide bonds. The van der Waals surface area contributed by atoms with Gasteiger partial charge in [0.1, 0.15) is 0 Å².